The molecule has 0 aromatic rings. The summed E-state index contributed by atoms with van der Waals surface area (Å²) in [5, 5.41) is 152. The lowest BCUT2D eigenvalue weighted by molar-refractivity contribution is -0.360. The monoisotopic (exact) mass is 2130 g/mol. The van der Waals surface area contributed by atoms with Crippen LogP contribution >= 0.6 is 11.6 Å². The lowest BCUT2D eigenvalue weighted by Crippen LogP contribution is -2.65. The molecule has 4 aliphatic carbocycles. The molecular weight excluding hydrogens is 1960 g/mol. The van der Waals surface area contributed by atoms with E-state index in [-0.39, 0.29) is 153 Å². The van der Waals surface area contributed by atoms with Crippen LogP contribution in [0.1, 0.15) is 132 Å². The van der Waals surface area contributed by atoms with Gasteiger partial charge in [0.25, 0.3) is 0 Å². The summed E-state index contributed by atoms with van der Waals surface area (Å²) in [6, 6.07) is 0. The molecule has 0 aromatic heterocycles. The highest BCUT2D eigenvalue weighted by molar-refractivity contribution is 6.18. The van der Waals surface area contributed by atoms with Gasteiger partial charge in [-0.15, -0.1) is 11.6 Å². The van der Waals surface area contributed by atoms with E-state index in [1.165, 1.54) is 6.42 Å². The predicted octanol–water partition coefficient (Wildman–Crippen LogP) is -2.80. The van der Waals surface area contributed by atoms with E-state index in [4.69, 9.17) is 164 Å². The Labute approximate surface area is 860 Å². The molecule has 0 aromatic carbocycles. The third-order valence-electron chi connectivity index (χ3n) is 29.2. The van der Waals surface area contributed by atoms with Crippen molar-refractivity contribution in [1.29, 1.82) is 0 Å². The molecule has 146 heavy (non-hydrogen) atoms. The lowest BCUT2D eigenvalue weighted by atomic mass is 9.86. The molecule has 12 saturated heterocycles. The second kappa shape index (κ2) is 61.0. The lowest BCUT2D eigenvalue weighted by Gasteiger charge is -2.49. The van der Waals surface area contributed by atoms with Crippen molar-refractivity contribution in [2.24, 2.45) is 23.7 Å². The zero-order valence-electron chi connectivity index (χ0n) is 85.9. The van der Waals surface area contributed by atoms with E-state index >= 15 is 0 Å². The molecule has 12 aliphatic heterocycles. The summed E-state index contributed by atoms with van der Waals surface area (Å²) in [6.45, 7) is 21.5. The van der Waals surface area contributed by atoms with Crippen molar-refractivity contribution in [1.82, 2.24) is 0 Å². The van der Waals surface area contributed by atoms with Crippen LogP contribution < -0.4 is 0 Å². The van der Waals surface area contributed by atoms with Gasteiger partial charge in [-0.05, 0) is 83.0 Å². The highest BCUT2D eigenvalue weighted by Crippen LogP contribution is 2.50. The molecule has 0 spiro atoms. The molecule has 16 rings (SSSR count). The number of halogens is 1. The largest absolute Gasteiger partial charge is 0.396 e. The maximum atomic E-state index is 10.9. The molecule has 0 amide bonds. The van der Waals surface area contributed by atoms with Gasteiger partial charge in [-0.1, -0.05) is 54.9 Å². The first-order valence-corrected chi connectivity index (χ1v) is 53.9. The van der Waals surface area contributed by atoms with Crippen LogP contribution in [0.15, 0.2) is 0 Å². The molecule has 16 aliphatic rings. The van der Waals surface area contributed by atoms with E-state index in [0.29, 0.717) is 188 Å². The summed E-state index contributed by atoms with van der Waals surface area (Å²) in [5.74, 6) is -0.0733. The van der Waals surface area contributed by atoms with Crippen molar-refractivity contribution >= 4 is 11.6 Å². The Kier molecular flexibility index (Phi) is 50.7. The molecule has 0 bridgehead atoms. The minimum absolute atomic E-state index is 0.000511. The highest BCUT2D eigenvalue weighted by Gasteiger charge is 2.65. The Bertz CT molecular complexity index is 3520. The van der Waals surface area contributed by atoms with Crippen LogP contribution in [0, 0.1) is 23.7 Å². The topological polar surface area (TPSA) is 619 Å². The van der Waals surface area contributed by atoms with Gasteiger partial charge in [-0.2, -0.15) is 0 Å². The number of alkyl halides is 1. The first-order valence-electron chi connectivity index (χ1n) is 53.4. The zero-order valence-corrected chi connectivity index (χ0v) is 86.6. The van der Waals surface area contributed by atoms with E-state index in [2.05, 4.69) is 0 Å². The van der Waals surface area contributed by atoms with Crippen LogP contribution in [-0.4, -0.2) is 550 Å². The summed E-state index contributed by atoms with van der Waals surface area (Å²) >= 11 is 5.27. The number of ether oxygens (including phenoxy) is 31. The molecule has 4 saturated carbocycles. The van der Waals surface area contributed by atoms with Crippen LogP contribution in [0.3, 0.4) is 0 Å². The third-order valence-corrected chi connectivity index (χ3v) is 29.5. The fourth-order valence-electron chi connectivity index (χ4n) is 18.5. The Morgan fingerprint density at radius 3 is 1.05 bits per heavy atom. The quantitative estimate of drug-likeness (QED) is 0.0216. The second-order valence-corrected chi connectivity index (χ2v) is 41.9. The Hall–Kier alpha value is -1.55. The van der Waals surface area contributed by atoms with Crippen molar-refractivity contribution in [3.8, 4) is 0 Å². The van der Waals surface area contributed by atoms with Gasteiger partial charge in [0.1, 0.15) is 157 Å². The maximum absolute atomic E-state index is 10.9. The summed E-state index contributed by atoms with van der Waals surface area (Å²) in [6.07, 6.45) is -19.9. The summed E-state index contributed by atoms with van der Waals surface area (Å²) < 4.78 is 192. The van der Waals surface area contributed by atoms with Gasteiger partial charge in [0.2, 0.25) is 0 Å². The highest BCUT2D eigenvalue weighted by atomic mass is 35.5. The first-order chi connectivity index (χ1) is 70.6. The van der Waals surface area contributed by atoms with Gasteiger partial charge >= 0.3 is 0 Å². The van der Waals surface area contributed by atoms with Crippen molar-refractivity contribution in [3.05, 3.63) is 0 Å². The molecule has 46 nitrogen and oxygen atoms in total. The SMILES string of the molecule is C(OC[C@H]1C[C@@](COCC2CO2)(O[C@H]2O[C@H](COCC3CO3)[C@@H](OCC3CO3)[C@H](OCC3CO3)[C@H]2OCC2CO2)[C@@H](OCC2CO2)[C@@H]1OCC1CO1)C1CO1.CCC(O)COC[C@H]1O[C@H](O[C@]2(COCC(O)CC)C[C@H](COCC3CCC3)[C@@H](OCC(O)CC)[C@@H]2OCC(O)CC)[C@H](OCC(O)CC)[C@@H](OCC(O)CC)[C@@H]1OCC(O)CC.ClCC1CO1.OC[C@H]1C[C@@](CO)(O[C@H]2O[C@H](CO)[C@@H](O)[C@H](O)[C@H]2O)[C@@H](O)[C@@H]1O. The fourth-order valence-corrected chi connectivity index (χ4v) is 18.6. The standard InChI is InChI=1S/C46H88O17.C37H56O18.C13H24O10.C3H5ClO/c1-8-32(47)21-55-28-39-41(58-24-35(50)11-4)42(59-25-36(51)12-5)43(60-26-37(52)13-6)45(62-39)63-46(29-56-22-33(48)9-2)18-31(20-54-19-30-16-15-17-30)40(57-23-34(49)10-3)44(46)61-27-38(53)14-7;1-21(2-38-3-22-6-41-22)31(49-14-25-9-44-25)35(53-18-29-13-48-29)37(1,20-40-5-24-8-43-24)55-36-34(52-17-28-12-47-28)33(51-16-27-11-46-27)32(50-15-26-10-45-26)30(54-36)19-39-4-23-7-42-23;14-2-5-1-13(4-16,11(21)7(5)17)23-12-10(20)9(19)8(18)6(3-15)22-12;4-1-3-2-5-3/h30-45,47-53H,8-29H2,1-7H3;21-36H,1-20H2;5-12,14-21H,1-4H2;3H,1-2H2/t31-,32?,33?,34?,35?,36?,37?,38?,39-,40-,41-,42+,43-,44+,45-,46+;21-,22?,23?,24?,25?,26?,27?,28?,29?,30-,31-,32-,33+,34-,35+,36-,37+;5-,6-,7-,8-,9+,10-,11+,12-,13+;/m111./s1. The van der Waals surface area contributed by atoms with Crippen molar-refractivity contribution < 1.29 is 223 Å². The van der Waals surface area contributed by atoms with E-state index in [1.807, 2.05) is 48.5 Å². The Morgan fingerprint density at radius 2 is 0.623 bits per heavy atom. The van der Waals surface area contributed by atoms with Crippen LogP contribution in [0.25, 0.3) is 0 Å². The average molecular weight is 2130 g/mol. The van der Waals surface area contributed by atoms with Crippen molar-refractivity contribution in [2.75, 3.05) is 231 Å². The van der Waals surface area contributed by atoms with E-state index in [0.717, 1.165) is 19.4 Å². The predicted molar refractivity (Wildman–Crippen MR) is 505 cm³/mol. The number of aliphatic hydroxyl groups excluding tert-OH is 15. The normalized spacial score (nSPS) is 40.5. The molecule has 47 heteroatoms. The molecule has 43 atom stereocenters. The molecule has 15 N–H and O–H groups in total. The van der Waals surface area contributed by atoms with Gasteiger partial charge in [-0.25, -0.2) is 0 Å². The first kappa shape index (κ1) is 121. The summed E-state index contributed by atoms with van der Waals surface area (Å²) in [5.41, 5.74) is -4.22. The van der Waals surface area contributed by atoms with Crippen LogP contribution in [-0.2, 0) is 147 Å². The minimum atomic E-state index is -1.72. The van der Waals surface area contributed by atoms with Gasteiger partial charge in [-0.3, -0.25) is 0 Å². The van der Waals surface area contributed by atoms with Crippen molar-refractivity contribution in [3.63, 3.8) is 0 Å². The van der Waals surface area contributed by atoms with E-state index < -0.39 is 214 Å². The molecule has 12 heterocycles. The molecule has 852 valence electrons. The van der Waals surface area contributed by atoms with Crippen molar-refractivity contribution in [2.45, 2.75) is 375 Å². The Morgan fingerprint density at radius 1 is 0.288 bits per heavy atom. The summed E-state index contributed by atoms with van der Waals surface area (Å²) in [7, 11) is 0. The molecule has 16 unspecified atom stereocenters. The van der Waals surface area contributed by atoms with Gasteiger partial charge in [0.05, 0.1) is 284 Å². The molecule has 0 radical (unpaired) electrons. The Balaban J connectivity index is 0.000000194. The zero-order chi connectivity index (χ0) is 104. The minimum Gasteiger partial charge on any atom is -0.396 e. The van der Waals surface area contributed by atoms with Gasteiger partial charge < -0.3 is 223 Å². The number of aliphatic hydroxyl groups is 15. The number of hydrogen-bond acceptors (Lipinski definition) is 46. The van der Waals surface area contributed by atoms with Gasteiger partial charge in [0, 0.05) is 31.0 Å². The number of rotatable bonds is 71. The van der Waals surface area contributed by atoms with Crippen LogP contribution in [0.4, 0.5) is 0 Å². The maximum Gasteiger partial charge on any atom is 0.187 e. The number of hydrogen-bond donors (Lipinski definition) is 15. The summed E-state index contributed by atoms with van der Waals surface area (Å²) in [4.78, 5) is 0. The fraction of sp³-hybridized carbons (Fsp3) is 1.00. The van der Waals surface area contributed by atoms with Crippen LogP contribution in [0.5, 0.6) is 0 Å². The smallest absolute Gasteiger partial charge is 0.187 e. The third kappa shape index (κ3) is 37.8. The average Bonchev–Trinajstić information content (AvgIpc) is 1.53. The second-order valence-electron chi connectivity index (χ2n) is 41.6. The number of epoxide rings is 9. The van der Waals surface area contributed by atoms with E-state index in [1.54, 1.807) is 0 Å². The van der Waals surface area contributed by atoms with E-state index in [9.17, 15) is 71.5 Å². The molecule has 16 fully saturated rings. The van der Waals surface area contributed by atoms with Gasteiger partial charge in [0.15, 0.2) is 18.9 Å². The van der Waals surface area contributed by atoms with Crippen LogP contribution in [0.2, 0.25) is 0 Å². The molecular formula is C99H173ClO46.